The van der Waals surface area contributed by atoms with Crippen LogP contribution in [0.25, 0.3) is 0 Å². The lowest BCUT2D eigenvalue weighted by molar-refractivity contribution is -0.144. The van der Waals surface area contributed by atoms with Gasteiger partial charge in [-0.1, -0.05) is 30.3 Å². The Bertz CT molecular complexity index is 839. The zero-order valence-electron chi connectivity index (χ0n) is 15.3. The van der Waals surface area contributed by atoms with Crippen LogP contribution < -0.4 is 0 Å². The highest BCUT2D eigenvalue weighted by atomic mass is 16.2. The molecule has 0 bridgehead atoms. The summed E-state index contributed by atoms with van der Waals surface area (Å²) in [5.41, 5.74) is 1.13. The molecule has 140 valence electrons. The maximum atomic E-state index is 13.7. The third-order valence-electron chi connectivity index (χ3n) is 5.71. The molecule has 1 atom stereocenters. The Morgan fingerprint density at radius 1 is 1.19 bits per heavy atom. The van der Waals surface area contributed by atoms with Crippen molar-refractivity contribution in [1.29, 1.82) is 0 Å². The Kier molecular flexibility index (Phi) is 4.51. The summed E-state index contributed by atoms with van der Waals surface area (Å²) in [4.78, 5) is 34.6. The maximum Gasteiger partial charge on any atom is 0.255 e. The monoisotopic (exact) mass is 365 g/mol. The van der Waals surface area contributed by atoms with Crippen LogP contribution in [0.3, 0.4) is 0 Å². The Morgan fingerprint density at radius 3 is 2.56 bits per heavy atom. The molecule has 1 aromatic carbocycles. The van der Waals surface area contributed by atoms with Crippen molar-refractivity contribution in [2.24, 2.45) is 5.10 Å². The molecule has 0 saturated carbocycles. The SMILES string of the molecule is CC(=O)N1CCC(C(=O)N2N=CCC2c2ccccc2)(c2cnc[nH]2)CC1. The quantitative estimate of drug-likeness (QED) is 0.906. The number of hydrazone groups is 1. The minimum atomic E-state index is -0.739. The number of carbonyl (C=O) groups excluding carboxylic acids is 2. The van der Waals surface area contributed by atoms with E-state index in [4.69, 9.17) is 0 Å². The average molecular weight is 365 g/mol. The van der Waals surface area contributed by atoms with Crippen LogP contribution in [0, 0.1) is 0 Å². The van der Waals surface area contributed by atoms with Crippen molar-refractivity contribution in [1.82, 2.24) is 19.9 Å². The molecule has 0 spiro atoms. The van der Waals surface area contributed by atoms with Crippen molar-refractivity contribution in [2.45, 2.75) is 37.6 Å². The summed E-state index contributed by atoms with van der Waals surface area (Å²) >= 11 is 0. The number of likely N-dealkylation sites (tertiary alicyclic amines) is 1. The number of hydrogen-bond donors (Lipinski definition) is 1. The second-order valence-corrected chi connectivity index (χ2v) is 7.16. The molecule has 1 aromatic heterocycles. The fourth-order valence-electron chi connectivity index (χ4n) is 4.10. The van der Waals surface area contributed by atoms with Gasteiger partial charge in [-0.3, -0.25) is 9.59 Å². The van der Waals surface area contributed by atoms with Crippen LogP contribution in [0.2, 0.25) is 0 Å². The molecule has 7 heteroatoms. The van der Waals surface area contributed by atoms with Gasteiger partial charge in [-0.05, 0) is 18.4 Å². The van der Waals surface area contributed by atoms with Crippen LogP contribution in [0.4, 0.5) is 0 Å². The lowest BCUT2D eigenvalue weighted by Crippen LogP contribution is -2.52. The largest absolute Gasteiger partial charge is 0.348 e. The second kappa shape index (κ2) is 6.98. The number of H-pyrrole nitrogens is 1. The molecule has 1 N–H and O–H groups in total. The average Bonchev–Trinajstić information content (AvgIpc) is 3.40. The number of rotatable bonds is 3. The van der Waals surface area contributed by atoms with E-state index in [1.54, 1.807) is 35.6 Å². The zero-order valence-corrected chi connectivity index (χ0v) is 15.3. The number of nitrogens with zero attached hydrogens (tertiary/aromatic N) is 4. The van der Waals surface area contributed by atoms with E-state index in [0.717, 1.165) is 11.3 Å². The molecule has 7 nitrogen and oxygen atoms in total. The molecular formula is C20H23N5O2. The highest BCUT2D eigenvalue weighted by Crippen LogP contribution is 2.40. The summed E-state index contributed by atoms with van der Waals surface area (Å²) in [5, 5.41) is 6.05. The van der Waals surface area contributed by atoms with Crippen LogP contribution >= 0.6 is 0 Å². The van der Waals surface area contributed by atoms with Gasteiger partial charge in [0, 0.05) is 38.8 Å². The predicted molar refractivity (Wildman–Crippen MR) is 101 cm³/mol. The maximum absolute atomic E-state index is 13.7. The molecule has 1 saturated heterocycles. The van der Waals surface area contributed by atoms with E-state index in [1.807, 2.05) is 30.3 Å². The van der Waals surface area contributed by atoms with Gasteiger partial charge in [0.15, 0.2) is 0 Å². The van der Waals surface area contributed by atoms with Gasteiger partial charge >= 0.3 is 0 Å². The molecule has 4 rings (SSSR count). The molecule has 1 unspecified atom stereocenters. The van der Waals surface area contributed by atoms with Crippen LogP contribution in [-0.2, 0) is 15.0 Å². The van der Waals surface area contributed by atoms with Gasteiger partial charge in [0.1, 0.15) is 0 Å². The molecule has 1 fully saturated rings. The minimum Gasteiger partial charge on any atom is -0.348 e. The second-order valence-electron chi connectivity index (χ2n) is 7.16. The number of aromatic amines is 1. The van der Waals surface area contributed by atoms with E-state index < -0.39 is 5.41 Å². The first-order chi connectivity index (χ1) is 13.1. The van der Waals surface area contributed by atoms with E-state index in [-0.39, 0.29) is 17.9 Å². The molecule has 2 amide bonds. The van der Waals surface area contributed by atoms with E-state index in [9.17, 15) is 9.59 Å². The van der Waals surface area contributed by atoms with Crippen molar-refractivity contribution in [3.05, 3.63) is 54.1 Å². The summed E-state index contributed by atoms with van der Waals surface area (Å²) in [7, 11) is 0. The van der Waals surface area contributed by atoms with Gasteiger partial charge in [0.25, 0.3) is 5.91 Å². The molecule has 2 aromatic rings. The van der Waals surface area contributed by atoms with Gasteiger partial charge in [-0.25, -0.2) is 9.99 Å². The Morgan fingerprint density at radius 2 is 1.93 bits per heavy atom. The van der Waals surface area contributed by atoms with E-state index in [0.29, 0.717) is 32.4 Å². The fourth-order valence-corrected chi connectivity index (χ4v) is 4.10. The van der Waals surface area contributed by atoms with Gasteiger partial charge in [0.2, 0.25) is 5.91 Å². The normalized spacial score (nSPS) is 21.4. The summed E-state index contributed by atoms with van der Waals surface area (Å²) in [6.07, 6.45) is 6.94. The number of aromatic nitrogens is 2. The number of piperidine rings is 1. The molecule has 2 aliphatic heterocycles. The molecule has 3 heterocycles. The lowest BCUT2D eigenvalue weighted by Gasteiger charge is -2.41. The first-order valence-electron chi connectivity index (χ1n) is 9.27. The van der Waals surface area contributed by atoms with Crippen molar-refractivity contribution < 1.29 is 9.59 Å². The first kappa shape index (κ1) is 17.5. The van der Waals surface area contributed by atoms with Gasteiger partial charge < -0.3 is 9.88 Å². The molecule has 27 heavy (non-hydrogen) atoms. The molecule has 2 aliphatic rings. The minimum absolute atomic E-state index is 0.0300. The van der Waals surface area contributed by atoms with Crippen LogP contribution in [0.5, 0.6) is 0 Å². The van der Waals surface area contributed by atoms with Crippen molar-refractivity contribution in [2.75, 3.05) is 13.1 Å². The topological polar surface area (TPSA) is 81.7 Å². The zero-order chi connectivity index (χ0) is 18.9. The van der Waals surface area contributed by atoms with E-state index in [1.165, 1.54) is 0 Å². The van der Waals surface area contributed by atoms with Crippen molar-refractivity contribution in [3.63, 3.8) is 0 Å². The summed E-state index contributed by atoms with van der Waals surface area (Å²) in [5.74, 6) is 0.0135. The lowest BCUT2D eigenvalue weighted by atomic mass is 9.74. The predicted octanol–water partition coefficient (Wildman–Crippen LogP) is 2.25. The number of hydrogen-bond acceptors (Lipinski definition) is 4. The standard InChI is InChI=1S/C20H23N5O2/c1-15(26)24-11-8-20(9-12-24,18-13-21-14-22-18)19(27)25-17(7-10-23-25)16-5-3-2-4-6-16/h2-6,10,13-14,17H,7-9,11-12H2,1H3,(H,21,22). The Balaban J connectivity index is 1.66. The highest BCUT2D eigenvalue weighted by molar-refractivity contribution is 5.90. The molecular weight excluding hydrogens is 342 g/mol. The number of carbonyl (C=O) groups is 2. The van der Waals surface area contributed by atoms with E-state index in [2.05, 4.69) is 15.1 Å². The summed E-state index contributed by atoms with van der Waals surface area (Å²) < 4.78 is 0. The summed E-state index contributed by atoms with van der Waals surface area (Å²) in [6.45, 7) is 2.67. The molecule has 0 aliphatic carbocycles. The van der Waals surface area contributed by atoms with E-state index >= 15 is 0 Å². The van der Waals surface area contributed by atoms with Crippen LogP contribution in [0.15, 0.2) is 48.0 Å². The number of nitrogens with one attached hydrogen (secondary N) is 1. The molecule has 0 radical (unpaired) electrons. The van der Waals surface area contributed by atoms with Crippen LogP contribution in [0.1, 0.15) is 43.5 Å². The highest BCUT2D eigenvalue weighted by Gasteiger charge is 2.48. The number of imidazole rings is 1. The number of amides is 2. The smallest absolute Gasteiger partial charge is 0.255 e. The van der Waals surface area contributed by atoms with Crippen LogP contribution in [-0.4, -0.2) is 51.0 Å². The Labute approximate surface area is 158 Å². The fraction of sp³-hybridized carbons (Fsp3) is 0.400. The Hall–Kier alpha value is -2.96. The van der Waals surface area contributed by atoms with Gasteiger partial charge in [0.05, 0.1) is 23.5 Å². The summed E-state index contributed by atoms with van der Waals surface area (Å²) in [6, 6.07) is 9.89. The van der Waals surface area contributed by atoms with Crippen molar-refractivity contribution >= 4 is 18.0 Å². The third kappa shape index (κ3) is 3.03. The first-order valence-corrected chi connectivity index (χ1v) is 9.27. The third-order valence-corrected chi connectivity index (χ3v) is 5.71. The van der Waals surface area contributed by atoms with Gasteiger partial charge in [-0.2, -0.15) is 5.10 Å². The van der Waals surface area contributed by atoms with Gasteiger partial charge in [-0.15, -0.1) is 0 Å². The number of benzene rings is 1. The van der Waals surface area contributed by atoms with Crippen molar-refractivity contribution in [3.8, 4) is 0 Å².